The van der Waals surface area contributed by atoms with Gasteiger partial charge in [0.25, 0.3) is 0 Å². The maximum absolute atomic E-state index is 8.08. The van der Waals surface area contributed by atoms with Crippen LogP contribution < -0.4 is 11.5 Å². The predicted molar refractivity (Wildman–Crippen MR) is 23.9 cm³/mol. The van der Waals surface area contributed by atoms with E-state index in [-0.39, 0.29) is 12.8 Å². The summed E-state index contributed by atoms with van der Waals surface area (Å²) in [6, 6.07) is 0. The van der Waals surface area contributed by atoms with E-state index in [1.807, 2.05) is 0 Å². The van der Waals surface area contributed by atoms with Gasteiger partial charge in [0.1, 0.15) is 0 Å². The number of nitrogens with two attached hydrogens (primary N) is 2. The number of hydrogen-bond acceptors (Lipinski definition) is 3. The summed E-state index contributed by atoms with van der Waals surface area (Å²) in [7, 11) is 0. The first kappa shape index (κ1) is 5.88. The molecule has 0 aromatic rings. The molecule has 0 fully saturated rings. The van der Waals surface area contributed by atoms with Gasteiger partial charge in [0.05, 0.1) is 6.17 Å². The molecule has 0 heterocycles. The van der Waals surface area contributed by atoms with Crippen LogP contribution in [-0.2, 0) is 0 Å². The Hall–Kier alpha value is -0.120. The zero-order chi connectivity index (χ0) is 4.99. The van der Waals surface area contributed by atoms with Crippen molar-refractivity contribution in [2.75, 3.05) is 6.61 Å². The molecule has 0 aliphatic rings. The highest BCUT2D eigenvalue weighted by molar-refractivity contribution is 4.45. The number of aliphatic hydroxyl groups is 1. The van der Waals surface area contributed by atoms with E-state index in [0.717, 1.165) is 0 Å². The third-order valence-corrected chi connectivity index (χ3v) is 0.462. The van der Waals surface area contributed by atoms with E-state index < -0.39 is 0 Å². The molecule has 6 heavy (non-hydrogen) atoms. The summed E-state index contributed by atoms with van der Waals surface area (Å²) in [6.07, 6.45) is 0.134. The Morgan fingerprint density at radius 3 is 2.00 bits per heavy atom. The maximum Gasteiger partial charge on any atom is 0.0543 e. The standard InChI is InChI=1S/C3H10N2O/c4-3(5)1-2-6/h3,6H,1-2,4-5H2. The van der Waals surface area contributed by atoms with E-state index in [4.69, 9.17) is 16.6 Å². The molecule has 0 saturated carbocycles. The Kier molecular flexibility index (Phi) is 3.02. The van der Waals surface area contributed by atoms with Crippen molar-refractivity contribution in [3.8, 4) is 0 Å². The number of aliphatic hydroxyl groups excluding tert-OH is 1. The van der Waals surface area contributed by atoms with E-state index in [9.17, 15) is 0 Å². The van der Waals surface area contributed by atoms with Gasteiger partial charge < -0.3 is 16.6 Å². The lowest BCUT2D eigenvalue weighted by molar-refractivity contribution is 0.277. The molecular weight excluding hydrogens is 80.0 g/mol. The third kappa shape index (κ3) is 3.88. The zero-order valence-corrected chi connectivity index (χ0v) is 3.59. The molecule has 3 heteroatoms. The van der Waals surface area contributed by atoms with Crippen LogP contribution in [0.1, 0.15) is 6.42 Å². The molecule has 5 N–H and O–H groups in total. The van der Waals surface area contributed by atoms with E-state index in [0.29, 0.717) is 6.42 Å². The number of rotatable bonds is 2. The van der Waals surface area contributed by atoms with E-state index >= 15 is 0 Å². The maximum atomic E-state index is 8.08. The smallest absolute Gasteiger partial charge is 0.0543 e. The summed E-state index contributed by atoms with van der Waals surface area (Å²) < 4.78 is 0. The number of hydrogen-bond donors (Lipinski definition) is 3. The van der Waals surface area contributed by atoms with E-state index in [1.165, 1.54) is 0 Å². The lowest BCUT2D eigenvalue weighted by Gasteiger charge is -1.96. The van der Waals surface area contributed by atoms with Crippen molar-refractivity contribution in [3.63, 3.8) is 0 Å². The summed E-state index contributed by atoms with van der Waals surface area (Å²) in [6.45, 7) is 0.0810. The highest BCUT2D eigenvalue weighted by atomic mass is 16.3. The predicted octanol–water partition coefficient (Wildman–Crippen LogP) is -1.39. The van der Waals surface area contributed by atoms with Crippen LogP contribution in [0, 0.1) is 0 Å². The van der Waals surface area contributed by atoms with Crippen molar-refractivity contribution in [1.29, 1.82) is 0 Å². The average molecular weight is 90.1 g/mol. The van der Waals surface area contributed by atoms with Crippen molar-refractivity contribution in [2.24, 2.45) is 11.5 Å². The SMILES string of the molecule is NC(N)CCO. The van der Waals surface area contributed by atoms with Gasteiger partial charge >= 0.3 is 0 Å². The second-order valence-corrected chi connectivity index (χ2v) is 1.18. The fourth-order valence-electron chi connectivity index (χ4n) is 0.149. The molecule has 0 unspecified atom stereocenters. The lowest BCUT2D eigenvalue weighted by Crippen LogP contribution is -2.30. The quantitative estimate of drug-likeness (QED) is 0.366. The van der Waals surface area contributed by atoms with Crippen molar-refractivity contribution < 1.29 is 5.11 Å². The first-order valence-corrected chi connectivity index (χ1v) is 1.89. The molecule has 0 rings (SSSR count). The fourth-order valence-corrected chi connectivity index (χ4v) is 0.149. The van der Waals surface area contributed by atoms with Gasteiger partial charge in [-0.3, -0.25) is 0 Å². The van der Waals surface area contributed by atoms with Gasteiger partial charge in [-0.15, -0.1) is 0 Å². The molecule has 0 radical (unpaired) electrons. The van der Waals surface area contributed by atoms with Crippen molar-refractivity contribution in [1.82, 2.24) is 0 Å². The lowest BCUT2D eigenvalue weighted by atomic mass is 10.4. The van der Waals surface area contributed by atoms with Crippen LogP contribution in [0.15, 0.2) is 0 Å². The zero-order valence-electron chi connectivity index (χ0n) is 3.59. The molecule has 0 bridgehead atoms. The Balaban J connectivity index is 2.63. The van der Waals surface area contributed by atoms with Crippen LogP contribution in [0.2, 0.25) is 0 Å². The normalized spacial score (nSPS) is 10.0. The van der Waals surface area contributed by atoms with Crippen molar-refractivity contribution >= 4 is 0 Å². The van der Waals surface area contributed by atoms with Gasteiger partial charge in [-0.1, -0.05) is 0 Å². The third-order valence-electron chi connectivity index (χ3n) is 0.462. The minimum atomic E-state index is -0.352. The van der Waals surface area contributed by atoms with Gasteiger partial charge in [0, 0.05) is 6.61 Å². The molecule has 0 aliphatic heterocycles. The van der Waals surface area contributed by atoms with Crippen LogP contribution in [0.25, 0.3) is 0 Å². The topological polar surface area (TPSA) is 72.3 Å². The molecule has 0 aromatic heterocycles. The van der Waals surface area contributed by atoms with E-state index in [2.05, 4.69) is 0 Å². The molecule has 0 amide bonds. The van der Waals surface area contributed by atoms with Gasteiger partial charge in [-0.05, 0) is 6.42 Å². The summed E-state index contributed by atoms with van der Waals surface area (Å²) in [5.74, 6) is 0. The van der Waals surface area contributed by atoms with Gasteiger partial charge in [-0.25, -0.2) is 0 Å². The van der Waals surface area contributed by atoms with Gasteiger partial charge in [-0.2, -0.15) is 0 Å². The summed E-state index contributed by atoms with van der Waals surface area (Å²) >= 11 is 0. The van der Waals surface area contributed by atoms with Crippen LogP contribution in [-0.4, -0.2) is 17.9 Å². The molecule has 0 aliphatic carbocycles. The van der Waals surface area contributed by atoms with Crippen LogP contribution >= 0.6 is 0 Å². The average Bonchev–Trinajstić information content (AvgIpc) is 1.35. The van der Waals surface area contributed by atoms with Crippen LogP contribution in [0.4, 0.5) is 0 Å². The van der Waals surface area contributed by atoms with Crippen molar-refractivity contribution in [3.05, 3.63) is 0 Å². The molecular formula is C3H10N2O. The molecule has 0 atom stereocenters. The summed E-state index contributed by atoms with van der Waals surface area (Å²) in [4.78, 5) is 0. The monoisotopic (exact) mass is 90.1 g/mol. The first-order valence-electron chi connectivity index (χ1n) is 1.89. The molecule has 3 nitrogen and oxygen atoms in total. The van der Waals surface area contributed by atoms with Crippen LogP contribution in [0.3, 0.4) is 0 Å². The molecule has 0 spiro atoms. The molecule has 0 aromatic carbocycles. The largest absolute Gasteiger partial charge is 0.396 e. The Morgan fingerprint density at radius 2 is 2.00 bits per heavy atom. The first-order chi connectivity index (χ1) is 2.77. The Morgan fingerprint density at radius 1 is 1.50 bits per heavy atom. The Bertz CT molecular complexity index is 30.0. The van der Waals surface area contributed by atoms with Gasteiger partial charge in [0.2, 0.25) is 0 Å². The summed E-state index contributed by atoms with van der Waals surface area (Å²) in [5, 5.41) is 8.08. The molecule has 38 valence electrons. The highest BCUT2D eigenvalue weighted by Crippen LogP contribution is 1.71. The Labute approximate surface area is 36.9 Å². The second kappa shape index (κ2) is 3.08. The second-order valence-electron chi connectivity index (χ2n) is 1.18. The van der Waals surface area contributed by atoms with Gasteiger partial charge in [0.15, 0.2) is 0 Å². The van der Waals surface area contributed by atoms with E-state index in [1.54, 1.807) is 0 Å². The van der Waals surface area contributed by atoms with Crippen molar-refractivity contribution in [2.45, 2.75) is 12.6 Å². The van der Waals surface area contributed by atoms with Crippen LogP contribution in [0.5, 0.6) is 0 Å². The minimum absolute atomic E-state index is 0.0810. The summed E-state index contributed by atoms with van der Waals surface area (Å²) in [5.41, 5.74) is 10.0. The molecule has 0 saturated heterocycles. The fraction of sp³-hybridized carbons (Fsp3) is 1.00. The highest BCUT2D eigenvalue weighted by Gasteiger charge is 1.86. The minimum Gasteiger partial charge on any atom is -0.396 e.